The molecule has 1 heterocycles. The van der Waals surface area contributed by atoms with Gasteiger partial charge in [-0.25, -0.2) is 13.2 Å². The molecule has 0 spiro atoms. The Hall–Kier alpha value is -0.580. The molecule has 1 aliphatic heterocycles. The second-order valence-electron chi connectivity index (χ2n) is 6.15. The van der Waals surface area contributed by atoms with Gasteiger partial charge in [0.2, 0.25) is 9.05 Å². The zero-order chi connectivity index (χ0) is 18.5. The summed E-state index contributed by atoms with van der Waals surface area (Å²) < 4.78 is 50.9. The Morgan fingerprint density at radius 1 is 1.09 bits per heavy atom. The molecular formula is C12H24ClNO7S2. The number of ether oxygens (including phenoxy) is 1. The van der Waals surface area contributed by atoms with Crippen molar-refractivity contribution < 1.29 is 30.6 Å². The summed E-state index contributed by atoms with van der Waals surface area (Å²) in [4.78, 5) is 13.3. The van der Waals surface area contributed by atoms with Crippen molar-refractivity contribution in [2.24, 2.45) is 0 Å². The van der Waals surface area contributed by atoms with Crippen LogP contribution in [-0.4, -0.2) is 65.1 Å². The number of amides is 1. The molecule has 1 rings (SSSR count). The van der Waals surface area contributed by atoms with Crippen molar-refractivity contribution in [3.05, 3.63) is 0 Å². The molecule has 1 saturated heterocycles. The third kappa shape index (κ3) is 14.7. The number of hydrogen-bond acceptors (Lipinski definition) is 7. The maximum absolute atomic E-state index is 11.8. The number of rotatable bonds is 2. The van der Waals surface area contributed by atoms with Crippen LogP contribution in [0.4, 0.5) is 4.79 Å². The molecule has 138 valence electrons. The van der Waals surface area contributed by atoms with E-state index in [2.05, 4.69) is 10.7 Å². The molecule has 0 radical (unpaired) electrons. The largest absolute Gasteiger partial charge is 0.444 e. The second-order valence-corrected chi connectivity index (χ2v) is 10.8. The van der Waals surface area contributed by atoms with Gasteiger partial charge in [0, 0.05) is 23.8 Å². The molecular weight excluding hydrogens is 370 g/mol. The van der Waals surface area contributed by atoms with Crippen LogP contribution in [0.5, 0.6) is 0 Å². The monoisotopic (exact) mass is 393 g/mol. The number of hydrogen-bond donors (Lipinski definition) is 0. The van der Waals surface area contributed by atoms with Crippen LogP contribution >= 0.6 is 10.7 Å². The number of likely N-dealkylation sites (tertiary alicyclic amines) is 1. The normalized spacial score (nSPS) is 17.2. The van der Waals surface area contributed by atoms with Crippen LogP contribution in [-0.2, 0) is 28.1 Å². The molecule has 0 unspecified atom stereocenters. The zero-order valence-corrected chi connectivity index (χ0v) is 16.3. The van der Waals surface area contributed by atoms with E-state index in [1.165, 1.54) is 0 Å². The lowest BCUT2D eigenvalue weighted by Crippen LogP contribution is -2.43. The smallest absolute Gasteiger partial charge is 0.410 e. The van der Waals surface area contributed by atoms with Gasteiger partial charge in [0.25, 0.3) is 10.1 Å². The third-order valence-corrected chi connectivity index (χ3v) is 3.03. The van der Waals surface area contributed by atoms with Crippen LogP contribution in [0.25, 0.3) is 0 Å². The lowest BCUT2D eigenvalue weighted by atomic mass is 10.1. The molecule has 0 N–H and O–H groups in total. The summed E-state index contributed by atoms with van der Waals surface area (Å²) in [6, 6.07) is 0. The molecule has 0 atom stereocenters. The number of carbonyl (C=O) groups is 1. The first-order chi connectivity index (χ1) is 10.1. The fourth-order valence-corrected chi connectivity index (χ4v) is 2.40. The number of carbonyl (C=O) groups excluding carboxylic acids is 1. The first kappa shape index (κ1) is 22.4. The molecule has 11 heteroatoms. The average Bonchev–Trinajstić information content (AvgIpc) is 2.22. The zero-order valence-electron chi connectivity index (χ0n) is 13.9. The van der Waals surface area contributed by atoms with Gasteiger partial charge in [0.15, 0.2) is 0 Å². The lowest BCUT2D eigenvalue weighted by Gasteiger charge is -2.32. The van der Waals surface area contributed by atoms with Gasteiger partial charge >= 0.3 is 6.09 Å². The SMILES string of the molecule is CC(C)(C)OC(=O)N1CCC(OS(C)(=O)=O)CC1.CS(=O)(=O)Cl. The van der Waals surface area contributed by atoms with Gasteiger partial charge in [-0.15, -0.1) is 0 Å². The van der Waals surface area contributed by atoms with Crippen LogP contribution in [0.2, 0.25) is 0 Å². The molecule has 1 fully saturated rings. The van der Waals surface area contributed by atoms with Crippen LogP contribution in [0.15, 0.2) is 0 Å². The Morgan fingerprint density at radius 3 is 1.78 bits per heavy atom. The maximum atomic E-state index is 11.8. The predicted molar refractivity (Wildman–Crippen MR) is 87.5 cm³/mol. The summed E-state index contributed by atoms with van der Waals surface area (Å²) in [5.74, 6) is 0. The summed E-state index contributed by atoms with van der Waals surface area (Å²) in [5.41, 5.74) is -0.517. The minimum Gasteiger partial charge on any atom is -0.444 e. The molecule has 0 saturated carbocycles. The highest BCUT2D eigenvalue weighted by Crippen LogP contribution is 2.18. The lowest BCUT2D eigenvalue weighted by molar-refractivity contribution is 0.0134. The fraction of sp³-hybridized carbons (Fsp3) is 0.917. The van der Waals surface area contributed by atoms with Gasteiger partial charge in [-0.05, 0) is 33.6 Å². The summed E-state index contributed by atoms with van der Waals surface area (Å²) in [6.07, 6.45) is 2.28. The van der Waals surface area contributed by atoms with Crippen LogP contribution in [0, 0.1) is 0 Å². The number of nitrogens with zero attached hydrogens (tertiary/aromatic N) is 1. The molecule has 0 aromatic rings. The van der Waals surface area contributed by atoms with Gasteiger partial charge in [0.05, 0.1) is 18.6 Å². The number of halogens is 1. The van der Waals surface area contributed by atoms with E-state index in [9.17, 15) is 21.6 Å². The maximum Gasteiger partial charge on any atom is 0.410 e. The summed E-state index contributed by atoms with van der Waals surface area (Å²) in [7, 11) is -2.12. The molecule has 0 aromatic heterocycles. The molecule has 0 aliphatic carbocycles. The molecule has 1 amide bonds. The first-order valence-electron chi connectivity index (χ1n) is 6.82. The minimum absolute atomic E-state index is 0.335. The highest BCUT2D eigenvalue weighted by molar-refractivity contribution is 8.13. The summed E-state index contributed by atoms with van der Waals surface area (Å²) in [5, 5.41) is 0. The van der Waals surface area contributed by atoms with Crippen LogP contribution in [0.3, 0.4) is 0 Å². The molecule has 0 bridgehead atoms. The van der Waals surface area contributed by atoms with E-state index in [1.54, 1.807) is 4.90 Å². The van der Waals surface area contributed by atoms with Crippen molar-refractivity contribution in [1.29, 1.82) is 0 Å². The standard InChI is InChI=1S/C11H21NO5S.CH3ClO2S/c1-11(2,3)16-10(13)12-7-5-9(6-8-12)17-18(4,14)15;1-5(2,3)4/h9H,5-8H2,1-4H3;1H3. The van der Waals surface area contributed by atoms with E-state index in [0.717, 1.165) is 12.5 Å². The highest BCUT2D eigenvalue weighted by Gasteiger charge is 2.28. The van der Waals surface area contributed by atoms with Gasteiger partial charge in [-0.3, -0.25) is 4.18 Å². The van der Waals surface area contributed by atoms with Crippen molar-refractivity contribution in [2.45, 2.75) is 45.3 Å². The van der Waals surface area contributed by atoms with E-state index >= 15 is 0 Å². The van der Waals surface area contributed by atoms with Crippen LogP contribution < -0.4 is 0 Å². The Labute approximate surface area is 142 Å². The Balaban J connectivity index is 0.000000841. The fourth-order valence-electron chi connectivity index (χ4n) is 1.71. The van der Waals surface area contributed by atoms with Gasteiger partial charge in [-0.2, -0.15) is 8.42 Å². The average molecular weight is 394 g/mol. The molecule has 1 aliphatic rings. The molecule has 8 nitrogen and oxygen atoms in total. The highest BCUT2D eigenvalue weighted by atomic mass is 35.7. The Morgan fingerprint density at radius 2 is 1.48 bits per heavy atom. The van der Waals surface area contributed by atoms with Gasteiger partial charge in [-0.1, -0.05) is 0 Å². The predicted octanol–water partition coefficient (Wildman–Crippen LogP) is 1.55. The first-order valence-corrected chi connectivity index (χ1v) is 11.4. The van der Waals surface area contributed by atoms with Gasteiger partial charge < -0.3 is 9.64 Å². The van der Waals surface area contributed by atoms with E-state index in [1.807, 2.05) is 20.8 Å². The Bertz CT molecular complexity index is 579. The summed E-state index contributed by atoms with van der Waals surface area (Å²) >= 11 is 0. The molecule has 23 heavy (non-hydrogen) atoms. The minimum atomic E-state index is -3.42. The summed E-state index contributed by atoms with van der Waals surface area (Å²) in [6.45, 7) is 6.34. The third-order valence-electron chi connectivity index (χ3n) is 2.40. The van der Waals surface area contributed by atoms with Crippen molar-refractivity contribution in [1.82, 2.24) is 4.90 Å². The quantitative estimate of drug-likeness (QED) is 0.517. The van der Waals surface area contributed by atoms with E-state index < -0.39 is 24.8 Å². The van der Waals surface area contributed by atoms with Crippen molar-refractivity contribution in [3.63, 3.8) is 0 Å². The van der Waals surface area contributed by atoms with E-state index in [0.29, 0.717) is 25.9 Å². The van der Waals surface area contributed by atoms with Crippen molar-refractivity contribution >= 4 is 35.9 Å². The van der Waals surface area contributed by atoms with Crippen molar-refractivity contribution in [3.8, 4) is 0 Å². The Kier molecular flexibility index (Phi) is 8.28. The van der Waals surface area contributed by atoms with E-state index in [4.69, 9.17) is 8.92 Å². The van der Waals surface area contributed by atoms with Crippen LogP contribution in [0.1, 0.15) is 33.6 Å². The van der Waals surface area contributed by atoms with Gasteiger partial charge in [0.1, 0.15) is 5.60 Å². The second kappa shape index (κ2) is 8.50. The topological polar surface area (TPSA) is 107 Å². The number of piperidine rings is 1. The van der Waals surface area contributed by atoms with E-state index in [-0.39, 0.29) is 12.2 Å². The van der Waals surface area contributed by atoms with Crippen molar-refractivity contribution in [2.75, 3.05) is 25.6 Å². The molecule has 0 aromatic carbocycles.